The predicted octanol–water partition coefficient (Wildman–Crippen LogP) is 0.691. The quantitative estimate of drug-likeness (QED) is 0.450. The molecular weight excluding hydrogens is 289 g/mol. The Hall–Kier alpha value is -2.75. The number of rotatable bonds is 6. The molecule has 0 saturated carbocycles. The third-order valence-electron chi connectivity index (χ3n) is 2.37. The summed E-state index contributed by atoms with van der Waals surface area (Å²) in [5, 5.41) is 32.1. The Kier molecular flexibility index (Phi) is 5.55. The Balaban J connectivity index is 2.78. The standard InChI is InChI=1S/C11H12FN3O6/c12-6-3-7(5-8(4-6)15(20)21)13-11(19)14-9(1-2-16)10(17)18/h3-5,9,16H,1-2H2,(H,17,18)(H2,13,14,19). The van der Waals surface area contributed by atoms with E-state index >= 15 is 0 Å². The van der Waals surface area contributed by atoms with Crippen LogP contribution in [0.1, 0.15) is 6.42 Å². The summed E-state index contributed by atoms with van der Waals surface area (Å²) >= 11 is 0. The van der Waals surface area contributed by atoms with Crippen LogP contribution in [0.5, 0.6) is 0 Å². The number of carbonyl (C=O) groups excluding carboxylic acids is 1. The molecule has 0 spiro atoms. The third-order valence-corrected chi connectivity index (χ3v) is 2.37. The SMILES string of the molecule is O=C(Nc1cc(F)cc([N+](=O)[O-])c1)NC(CCO)C(=O)O. The molecule has 0 bridgehead atoms. The van der Waals surface area contributed by atoms with E-state index in [9.17, 15) is 24.1 Å². The fourth-order valence-electron chi connectivity index (χ4n) is 1.46. The number of carboxylic acid groups (broad SMARTS) is 1. The highest BCUT2D eigenvalue weighted by atomic mass is 19.1. The molecule has 0 heterocycles. The van der Waals surface area contributed by atoms with Crippen molar-refractivity contribution in [1.82, 2.24) is 5.32 Å². The molecule has 0 saturated heterocycles. The van der Waals surface area contributed by atoms with E-state index in [4.69, 9.17) is 10.2 Å². The number of hydrogen-bond donors (Lipinski definition) is 4. The highest BCUT2D eigenvalue weighted by Crippen LogP contribution is 2.19. The molecule has 0 aromatic heterocycles. The van der Waals surface area contributed by atoms with Gasteiger partial charge in [-0.15, -0.1) is 0 Å². The number of halogens is 1. The Labute approximate surface area is 117 Å². The molecule has 1 rings (SSSR count). The highest BCUT2D eigenvalue weighted by molar-refractivity contribution is 5.92. The molecule has 1 aromatic rings. The van der Waals surface area contributed by atoms with Gasteiger partial charge in [0.15, 0.2) is 0 Å². The zero-order chi connectivity index (χ0) is 16.0. The van der Waals surface area contributed by atoms with Gasteiger partial charge in [0.2, 0.25) is 0 Å². The molecule has 1 atom stereocenters. The van der Waals surface area contributed by atoms with E-state index in [1.165, 1.54) is 0 Å². The number of nitro benzene ring substituents is 1. The molecule has 0 aliphatic heterocycles. The van der Waals surface area contributed by atoms with E-state index in [-0.39, 0.29) is 12.1 Å². The fraction of sp³-hybridized carbons (Fsp3) is 0.273. The number of carboxylic acids is 1. The van der Waals surface area contributed by atoms with Crippen molar-refractivity contribution in [3.8, 4) is 0 Å². The average molecular weight is 301 g/mol. The number of anilines is 1. The maximum Gasteiger partial charge on any atom is 0.326 e. The zero-order valence-corrected chi connectivity index (χ0v) is 10.6. The molecule has 1 unspecified atom stereocenters. The number of aliphatic hydroxyl groups is 1. The Morgan fingerprint density at radius 1 is 1.38 bits per heavy atom. The number of carbonyl (C=O) groups is 2. The summed E-state index contributed by atoms with van der Waals surface area (Å²) in [5.41, 5.74) is -0.761. The van der Waals surface area contributed by atoms with E-state index in [1.807, 2.05) is 5.32 Å². The summed E-state index contributed by atoms with van der Waals surface area (Å²) in [5.74, 6) is -2.28. The first-order chi connectivity index (χ1) is 9.83. The molecule has 4 N–H and O–H groups in total. The summed E-state index contributed by atoms with van der Waals surface area (Å²) in [6, 6.07) is 0.114. The molecule has 21 heavy (non-hydrogen) atoms. The number of amides is 2. The summed E-state index contributed by atoms with van der Waals surface area (Å²) < 4.78 is 13.1. The normalized spacial score (nSPS) is 11.5. The summed E-state index contributed by atoms with van der Waals surface area (Å²) in [4.78, 5) is 32.0. The number of hydrogen-bond acceptors (Lipinski definition) is 5. The average Bonchev–Trinajstić information content (AvgIpc) is 2.37. The van der Waals surface area contributed by atoms with Crippen LogP contribution in [-0.4, -0.2) is 39.8 Å². The van der Waals surface area contributed by atoms with Crippen LogP contribution in [0.25, 0.3) is 0 Å². The van der Waals surface area contributed by atoms with Crippen molar-refractivity contribution >= 4 is 23.4 Å². The van der Waals surface area contributed by atoms with Crippen molar-refractivity contribution in [2.45, 2.75) is 12.5 Å². The van der Waals surface area contributed by atoms with Crippen LogP contribution >= 0.6 is 0 Å². The van der Waals surface area contributed by atoms with Gasteiger partial charge in [0.05, 0.1) is 16.7 Å². The van der Waals surface area contributed by atoms with E-state index < -0.39 is 41.1 Å². The number of nitrogens with one attached hydrogen (secondary N) is 2. The van der Waals surface area contributed by atoms with Crippen LogP contribution in [0, 0.1) is 15.9 Å². The summed E-state index contributed by atoms with van der Waals surface area (Å²) in [6.07, 6.45) is -0.216. The second-order valence-corrected chi connectivity index (χ2v) is 3.96. The maximum atomic E-state index is 13.1. The number of benzene rings is 1. The van der Waals surface area contributed by atoms with Crippen LogP contribution in [0.2, 0.25) is 0 Å². The molecule has 1 aromatic carbocycles. The molecule has 2 amide bonds. The van der Waals surface area contributed by atoms with Gasteiger partial charge in [0.25, 0.3) is 5.69 Å². The molecule has 0 fully saturated rings. The highest BCUT2D eigenvalue weighted by Gasteiger charge is 2.19. The topological polar surface area (TPSA) is 142 Å². The van der Waals surface area contributed by atoms with Gasteiger partial charge in [-0.25, -0.2) is 14.0 Å². The lowest BCUT2D eigenvalue weighted by molar-refractivity contribution is -0.385. The van der Waals surface area contributed by atoms with Crippen LogP contribution in [0.3, 0.4) is 0 Å². The number of nitrogens with zero attached hydrogens (tertiary/aromatic N) is 1. The lowest BCUT2D eigenvalue weighted by Gasteiger charge is -2.14. The van der Waals surface area contributed by atoms with E-state index in [0.717, 1.165) is 12.1 Å². The second-order valence-electron chi connectivity index (χ2n) is 3.96. The maximum absolute atomic E-state index is 13.1. The van der Waals surface area contributed by atoms with Gasteiger partial charge in [-0.05, 0) is 6.07 Å². The first-order valence-electron chi connectivity index (χ1n) is 5.69. The smallest absolute Gasteiger partial charge is 0.326 e. The monoisotopic (exact) mass is 301 g/mol. The fourth-order valence-corrected chi connectivity index (χ4v) is 1.46. The van der Waals surface area contributed by atoms with Crippen molar-refractivity contribution < 1.29 is 29.1 Å². The first kappa shape index (κ1) is 16.3. The Morgan fingerprint density at radius 2 is 2.05 bits per heavy atom. The number of aliphatic hydroxyl groups excluding tert-OH is 1. The molecule has 0 aliphatic rings. The molecule has 0 radical (unpaired) electrons. The number of nitro groups is 1. The van der Waals surface area contributed by atoms with E-state index in [2.05, 4.69) is 5.32 Å². The number of urea groups is 1. The summed E-state index contributed by atoms with van der Waals surface area (Å²) in [7, 11) is 0. The lowest BCUT2D eigenvalue weighted by Crippen LogP contribution is -2.43. The molecular formula is C11H12FN3O6. The van der Waals surface area contributed by atoms with Crippen molar-refractivity contribution in [1.29, 1.82) is 0 Å². The van der Waals surface area contributed by atoms with Crippen molar-refractivity contribution in [2.75, 3.05) is 11.9 Å². The van der Waals surface area contributed by atoms with Gasteiger partial charge in [0, 0.05) is 19.1 Å². The van der Waals surface area contributed by atoms with Crippen molar-refractivity contribution in [3.05, 3.63) is 34.1 Å². The lowest BCUT2D eigenvalue weighted by atomic mass is 10.2. The number of aliphatic carboxylic acids is 1. The summed E-state index contributed by atoms with van der Waals surface area (Å²) in [6.45, 7) is -0.456. The molecule has 10 heteroatoms. The molecule has 9 nitrogen and oxygen atoms in total. The van der Waals surface area contributed by atoms with Gasteiger partial charge >= 0.3 is 12.0 Å². The largest absolute Gasteiger partial charge is 0.480 e. The van der Waals surface area contributed by atoms with Gasteiger partial charge in [-0.1, -0.05) is 0 Å². The minimum absolute atomic E-state index is 0.202. The molecule has 114 valence electrons. The second kappa shape index (κ2) is 7.14. The van der Waals surface area contributed by atoms with E-state index in [0.29, 0.717) is 6.07 Å². The van der Waals surface area contributed by atoms with Crippen molar-refractivity contribution in [3.63, 3.8) is 0 Å². The van der Waals surface area contributed by atoms with Crippen molar-refractivity contribution in [2.24, 2.45) is 0 Å². The van der Waals surface area contributed by atoms with Crippen LogP contribution in [-0.2, 0) is 4.79 Å². The van der Waals surface area contributed by atoms with Crippen LogP contribution in [0.15, 0.2) is 18.2 Å². The number of non-ortho nitro benzene ring substituents is 1. The van der Waals surface area contributed by atoms with Gasteiger partial charge < -0.3 is 20.8 Å². The Bertz CT molecular complexity index is 565. The predicted molar refractivity (Wildman–Crippen MR) is 68.3 cm³/mol. The zero-order valence-electron chi connectivity index (χ0n) is 10.6. The third kappa shape index (κ3) is 5.03. The van der Waals surface area contributed by atoms with Crippen LogP contribution < -0.4 is 10.6 Å². The Morgan fingerprint density at radius 3 is 2.57 bits per heavy atom. The van der Waals surface area contributed by atoms with Gasteiger partial charge in [0.1, 0.15) is 11.9 Å². The van der Waals surface area contributed by atoms with Gasteiger partial charge in [-0.3, -0.25) is 10.1 Å². The van der Waals surface area contributed by atoms with Gasteiger partial charge in [-0.2, -0.15) is 0 Å². The minimum atomic E-state index is -1.36. The van der Waals surface area contributed by atoms with Crippen LogP contribution in [0.4, 0.5) is 20.6 Å². The first-order valence-corrected chi connectivity index (χ1v) is 5.69. The van der Waals surface area contributed by atoms with E-state index in [1.54, 1.807) is 0 Å². The molecule has 0 aliphatic carbocycles. The minimum Gasteiger partial charge on any atom is -0.480 e.